The fourth-order valence-electron chi connectivity index (χ4n) is 1.48. The summed E-state index contributed by atoms with van der Waals surface area (Å²) in [5.74, 6) is -1.98. The molecule has 1 aliphatic heterocycles. The lowest BCUT2D eigenvalue weighted by Crippen LogP contribution is -2.35. The molecule has 1 aliphatic rings. The third kappa shape index (κ3) is 2.59. The number of alkyl halides is 2. The Labute approximate surface area is 76.1 Å². The zero-order chi connectivity index (χ0) is 9.03. The molecule has 0 amide bonds. The molecule has 1 atom stereocenters. The molecule has 2 N–H and O–H groups in total. The van der Waals surface area contributed by atoms with E-state index in [2.05, 4.69) is 0 Å². The minimum Gasteiger partial charge on any atom is -0.330 e. The Morgan fingerprint density at radius 1 is 1.50 bits per heavy atom. The number of hydrogen-bond acceptors (Lipinski definition) is 2. The second kappa shape index (κ2) is 4.42. The van der Waals surface area contributed by atoms with Gasteiger partial charge in [-0.3, -0.25) is 0 Å². The van der Waals surface area contributed by atoms with E-state index < -0.39 is 11.8 Å². The van der Waals surface area contributed by atoms with Crippen LogP contribution in [0.2, 0.25) is 0 Å². The Hall–Kier alpha value is 0.170. The predicted octanol–water partition coefficient (Wildman–Crippen LogP) is 2.11. The normalized spacial score (nSPS) is 28.8. The van der Waals surface area contributed by atoms with Crippen molar-refractivity contribution in [3.05, 3.63) is 0 Å². The van der Waals surface area contributed by atoms with E-state index in [4.69, 9.17) is 5.73 Å². The fourth-order valence-corrected chi connectivity index (χ4v) is 2.59. The standard InChI is InChI=1S/C8H15F2NS/c9-8(10)6-12-5-3-7(8)2-1-4-11/h7H,1-6,11H2. The average molecular weight is 195 g/mol. The van der Waals surface area contributed by atoms with Crippen LogP contribution >= 0.6 is 11.8 Å². The summed E-state index contributed by atoms with van der Waals surface area (Å²) in [5.41, 5.74) is 5.28. The van der Waals surface area contributed by atoms with E-state index in [-0.39, 0.29) is 5.75 Å². The summed E-state index contributed by atoms with van der Waals surface area (Å²) < 4.78 is 26.3. The summed E-state index contributed by atoms with van der Waals surface area (Å²) in [7, 11) is 0. The largest absolute Gasteiger partial charge is 0.330 e. The van der Waals surface area contributed by atoms with Crippen LogP contribution in [-0.4, -0.2) is 24.0 Å². The molecule has 0 bridgehead atoms. The first-order valence-electron chi connectivity index (χ1n) is 4.32. The summed E-state index contributed by atoms with van der Waals surface area (Å²) in [6, 6.07) is 0. The summed E-state index contributed by atoms with van der Waals surface area (Å²) >= 11 is 1.36. The quantitative estimate of drug-likeness (QED) is 0.746. The molecule has 0 aromatic heterocycles. The smallest absolute Gasteiger partial charge is 0.259 e. The Balaban J connectivity index is 2.37. The lowest BCUT2D eigenvalue weighted by Gasteiger charge is -2.30. The number of thioether (sulfide) groups is 1. The van der Waals surface area contributed by atoms with Crippen molar-refractivity contribution < 1.29 is 8.78 Å². The van der Waals surface area contributed by atoms with Gasteiger partial charge >= 0.3 is 0 Å². The van der Waals surface area contributed by atoms with Crippen LogP contribution in [0.5, 0.6) is 0 Å². The SMILES string of the molecule is NCCCC1CCSCC1(F)F. The van der Waals surface area contributed by atoms with Gasteiger partial charge in [0.25, 0.3) is 5.92 Å². The van der Waals surface area contributed by atoms with Crippen LogP contribution in [0.4, 0.5) is 8.78 Å². The monoisotopic (exact) mass is 195 g/mol. The van der Waals surface area contributed by atoms with Gasteiger partial charge < -0.3 is 5.73 Å². The first-order valence-corrected chi connectivity index (χ1v) is 5.48. The van der Waals surface area contributed by atoms with Crippen molar-refractivity contribution in [2.24, 2.45) is 11.7 Å². The van der Waals surface area contributed by atoms with Crippen molar-refractivity contribution in [1.29, 1.82) is 0 Å². The molecule has 0 aliphatic carbocycles. The maximum atomic E-state index is 13.1. The minimum absolute atomic E-state index is 0.00222. The second-order valence-corrected chi connectivity index (χ2v) is 4.34. The number of nitrogens with two attached hydrogens (primary N) is 1. The lowest BCUT2D eigenvalue weighted by atomic mass is 9.94. The summed E-state index contributed by atoms with van der Waals surface area (Å²) in [6.07, 6.45) is 1.96. The number of halogens is 2. The van der Waals surface area contributed by atoms with Crippen LogP contribution in [0.1, 0.15) is 19.3 Å². The summed E-state index contributed by atoms with van der Waals surface area (Å²) in [4.78, 5) is 0. The van der Waals surface area contributed by atoms with Crippen LogP contribution in [0.25, 0.3) is 0 Å². The van der Waals surface area contributed by atoms with E-state index in [1.807, 2.05) is 0 Å². The van der Waals surface area contributed by atoms with Crippen molar-refractivity contribution in [3.63, 3.8) is 0 Å². The highest BCUT2D eigenvalue weighted by molar-refractivity contribution is 7.99. The van der Waals surface area contributed by atoms with Gasteiger partial charge in [-0.15, -0.1) is 0 Å². The van der Waals surface area contributed by atoms with E-state index in [0.29, 0.717) is 19.4 Å². The molecule has 0 aromatic rings. The number of hydrogen-bond donors (Lipinski definition) is 1. The molecule has 1 rings (SSSR count). The van der Waals surface area contributed by atoms with Crippen LogP contribution in [0.3, 0.4) is 0 Å². The van der Waals surface area contributed by atoms with Gasteiger partial charge in [-0.25, -0.2) is 8.78 Å². The summed E-state index contributed by atoms with van der Waals surface area (Å²) in [6.45, 7) is 0.528. The molecule has 1 nitrogen and oxygen atoms in total. The van der Waals surface area contributed by atoms with E-state index in [1.54, 1.807) is 0 Å². The molecule has 4 heteroatoms. The molecular weight excluding hydrogens is 180 g/mol. The van der Waals surface area contributed by atoms with Gasteiger partial charge in [0.1, 0.15) is 0 Å². The Kier molecular flexibility index (Phi) is 3.77. The Morgan fingerprint density at radius 2 is 2.25 bits per heavy atom. The van der Waals surface area contributed by atoms with Crippen molar-refractivity contribution in [3.8, 4) is 0 Å². The van der Waals surface area contributed by atoms with E-state index in [0.717, 1.165) is 12.2 Å². The van der Waals surface area contributed by atoms with Gasteiger partial charge in [0.05, 0.1) is 5.75 Å². The Bertz CT molecular complexity index is 141. The zero-order valence-corrected chi connectivity index (χ0v) is 7.88. The molecule has 1 unspecified atom stereocenters. The lowest BCUT2D eigenvalue weighted by molar-refractivity contribution is -0.0425. The fraction of sp³-hybridized carbons (Fsp3) is 1.00. The maximum absolute atomic E-state index is 13.1. The van der Waals surface area contributed by atoms with Crippen molar-refractivity contribution in [2.75, 3.05) is 18.1 Å². The average Bonchev–Trinajstić information content (AvgIpc) is 2.02. The molecular formula is C8H15F2NS. The highest BCUT2D eigenvalue weighted by Crippen LogP contribution is 2.38. The first-order chi connectivity index (χ1) is 5.67. The number of rotatable bonds is 3. The van der Waals surface area contributed by atoms with E-state index >= 15 is 0 Å². The molecule has 0 spiro atoms. The van der Waals surface area contributed by atoms with Crippen LogP contribution in [0.15, 0.2) is 0 Å². The van der Waals surface area contributed by atoms with Crippen molar-refractivity contribution >= 4 is 11.8 Å². The molecule has 1 saturated heterocycles. The third-order valence-electron chi connectivity index (χ3n) is 2.26. The third-order valence-corrected chi connectivity index (χ3v) is 3.37. The molecule has 1 fully saturated rings. The van der Waals surface area contributed by atoms with Gasteiger partial charge in [-0.1, -0.05) is 0 Å². The molecule has 12 heavy (non-hydrogen) atoms. The highest BCUT2D eigenvalue weighted by atomic mass is 32.2. The maximum Gasteiger partial charge on any atom is 0.259 e. The van der Waals surface area contributed by atoms with E-state index in [1.165, 1.54) is 11.8 Å². The molecule has 0 radical (unpaired) electrons. The van der Waals surface area contributed by atoms with Gasteiger partial charge in [0.2, 0.25) is 0 Å². The predicted molar refractivity (Wildman–Crippen MR) is 48.7 cm³/mol. The second-order valence-electron chi connectivity index (χ2n) is 3.23. The van der Waals surface area contributed by atoms with Gasteiger partial charge in [0.15, 0.2) is 0 Å². The Morgan fingerprint density at radius 3 is 2.83 bits per heavy atom. The summed E-state index contributed by atoms with van der Waals surface area (Å²) in [5, 5.41) is 0. The minimum atomic E-state index is -2.45. The van der Waals surface area contributed by atoms with E-state index in [9.17, 15) is 8.78 Å². The van der Waals surface area contributed by atoms with Crippen LogP contribution in [-0.2, 0) is 0 Å². The molecule has 1 heterocycles. The van der Waals surface area contributed by atoms with Gasteiger partial charge in [0, 0.05) is 5.92 Å². The topological polar surface area (TPSA) is 26.0 Å². The molecule has 0 aromatic carbocycles. The van der Waals surface area contributed by atoms with Crippen molar-refractivity contribution in [1.82, 2.24) is 0 Å². The van der Waals surface area contributed by atoms with Crippen LogP contribution in [0, 0.1) is 5.92 Å². The molecule has 72 valence electrons. The van der Waals surface area contributed by atoms with Gasteiger partial charge in [-0.2, -0.15) is 11.8 Å². The first kappa shape index (κ1) is 10.3. The van der Waals surface area contributed by atoms with Gasteiger partial charge in [-0.05, 0) is 31.6 Å². The van der Waals surface area contributed by atoms with Crippen LogP contribution < -0.4 is 5.73 Å². The zero-order valence-electron chi connectivity index (χ0n) is 7.06. The van der Waals surface area contributed by atoms with Crippen molar-refractivity contribution in [2.45, 2.75) is 25.2 Å². The molecule has 0 saturated carbocycles. The highest BCUT2D eigenvalue weighted by Gasteiger charge is 2.40.